The highest BCUT2D eigenvalue weighted by molar-refractivity contribution is 5.94. The molecule has 0 aliphatic carbocycles. The summed E-state index contributed by atoms with van der Waals surface area (Å²) < 4.78 is 0. The van der Waals surface area contributed by atoms with Gasteiger partial charge in [-0.15, -0.1) is 0 Å². The number of rotatable bonds is 2. The first-order valence-corrected chi connectivity index (χ1v) is 4.45. The van der Waals surface area contributed by atoms with Crippen LogP contribution in [0, 0.1) is 13.8 Å². The Hall–Kier alpha value is -1.51. The van der Waals surface area contributed by atoms with Crippen LogP contribution >= 0.6 is 0 Å². The van der Waals surface area contributed by atoms with E-state index in [9.17, 15) is 4.79 Å². The molecular weight excluding hydrogens is 178 g/mol. The second-order valence-corrected chi connectivity index (χ2v) is 3.65. The van der Waals surface area contributed by atoms with Crippen LogP contribution in [0.4, 0.5) is 5.69 Å². The van der Waals surface area contributed by atoms with E-state index in [1.807, 2.05) is 38.9 Å². The number of anilines is 1. The van der Waals surface area contributed by atoms with E-state index in [0.717, 1.165) is 16.8 Å². The van der Waals surface area contributed by atoms with E-state index in [0.29, 0.717) is 5.56 Å². The van der Waals surface area contributed by atoms with Crippen LogP contribution in [0.1, 0.15) is 21.5 Å². The SMILES string of the molecule is Cc1cc(C(=O)O)c(N(C)C)cc1C. The summed E-state index contributed by atoms with van der Waals surface area (Å²) in [7, 11) is 3.69. The summed E-state index contributed by atoms with van der Waals surface area (Å²) in [6, 6.07) is 3.62. The van der Waals surface area contributed by atoms with Gasteiger partial charge in [-0.3, -0.25) is 0 Å². The molecule has 0 bridgehead atoms. The number of aryl methyl sites for hydroxylation is 2. The molecule has 76 valence electrons. The smallest absolute Gasteiger partial charge is 0.337 e. The molecule has 0 aliphatic heterocycles. The van der Waals surface area contributed by atoms with Gasteiger partial charge in [0.05, 0.1) is 11.3 Å². The van der Waals surface area contributed by atoms with Crippen molar-refractivity contribution in [1.82, 2.24) is 0 Å². The van der Waals surface area contributed by atoms with Gasteiger partial charge in [0.2, 0.25) is 0 Å². The molecule has 0 fully saturated rings. The highest BCUT2D eigenvalue weighted by atomic mass is 16.4. The molecule has 0 spiro atoms. The zero-order chi connectivity index (χ0) is 10.9. The van der Waals surface area contributed by atoms with Crippen LogP contribution in [0.2, 0.25) is 0 Å². The van der Waals surface area contributed by atoms with Gasteiger partial charge in [0.25, 0.3) is 0 Å². The Morgan fingerprint density at radius 3 is 2.14 bits per heavy atom. The van der Waals surface area contributed by atoms with Crippen LogP contribution in [0.15, 0.2) is 12.1 Å². The monoisotopic (exact) mass is 193 g/mol. The molecule has 0 unspecified atom stereocenters. The van der Waals surface area contributed by atoms with Crippen molar-refractivity contribution in [2.24, 2.45) is 0 Å². The minimum absolute atomic E-state index is 0.359. The van der Waals surface area contributed by atoms with Gasteiger partial charge < -0.3 is 10.0 Å². The van der Waals surface area contributed by atoms with Gasteiger partial charge in [0.1, 0.15) is 0 Å². The van der Waals surface area contributed by atoms with E-state index in [1.54, 1.807) is 6.07 Å². The fourth-order valence-corrected chi connectivity index (χ4v) is 1.34. The maximum atomic E-state index is 11.0. The average molecular weight is 193 g/mol. The van der Waals surface area contributed by atoms with Gasteiger partial charge in [-0.1, -0.05) is 0 Å². The molecule has 1 rings (SSSR count). The van der Waals surface area contributed by atoms with Gasteiger partial charge in [-0.05, 0) is 37.1 Å². The third kappa shape index (κ3) is 1.87. The number of carboxylic acid groups (broad SMARTS) is 1. The van der Waals surface area contributed by atoms with Crippen molar-refractivity contribution in [3.8, 4) is 0 Å². The Morgan fingerprint density at radius 1 is 1.21 bits per heavy atom. The molecule has 0 radical (unpaired) electrons. The highest BCUT2D eigenvalue weighted by Crippen LogP contribution is 2.22. The topological polar surface area (TPSA) is 40.5 Å². The third-order valence-corrected chi connectivity index (χ3v) is 2.32. The minimum Gasteiger partial charge on any atom is -0.478 e. The number of carboxylic acids is 1. The predicted octanol–water partition coefficient (Wildman–Crippen LogP) is 2.07. The molecule has 1 aromatic carbocycles. The van der Waals surface area contributed by atoms with Crippen LogP contribution in [-0.4, -0.2) is 25.2 Å². The normalized spacial score (nSPS) is 10.0. The number of carbonyl (C=O) groups is 1. The van der Waals surface area contributed by atoms with E-state index in [-0.39, 0.29) is 0 Å². The van der Waals surface area contributed by atoms with Gasteiger partial charge in [0.15, 0.2) is 0 Å². The fraction of sp³-hybridized carbons (Fsp3) is 0.364. The minimum atomic E-state index is -0.878. The first-order valence-electron chi connectivity index (χ1n) is 4.45. The molecule has 0 aromatic heterocycles. The second kappa shape index (κ2) is 3.70. The lowest BCUT2D eigenvalue weighted by Crippen LogP contribution is -2.14. The molecule has 1 N–H and O–H groups in total. The highest BCUT2D eigenvalue weighted by Gasteiger charge is 2.12. The van der Waals surface area contributed by atoms with Gasteiger partial charge in [-0.25, -0.2) is 4.79 Å². The number of nitrogens with zero attached hydrogens (tertiary/aromatic N) is 1. The van der Waals surface area contributed by atoms with Crippen molar-refractivity contribution in [2.75, 3.05) is 19.0 Å². The van der Waals surface area contributed by atoms with Crippen LogP contribution in [0.3, 0.4) is 0 Å². The zero-order valence-electron chi connectivity index (χ0n) is 8.96. The van der Waals surface area contributed by atoms with Crippen molar-refractivity contribution in [3.05, 3.63) is 28.8 Å². The largest absolute Gasteiger partial charge is 0.478 e. The molecule has 0 saturated heterocycles. The van der Waals surface area contributed by atoms with Crippen LogP contribution in [0.5, 0.6) is 0 Å². The molecule has 1 aromatic rings. The van der Waals surface area contributed by atoms with Crippen molar-refractivity contribution in [2.45, 2.75) is 13.8 Å². The maximum absolute atomic E-state index is 11.0. The number of aromatic carboxylic acids is 1. The Labute approximate surface area is 84.0 Å². The summed E-state index contributed by atoms with van der Waals surface area (Å²) in [5.41, 5.74) is 3.23. The quantitative estimate of drug-likeness (QED) is 0.781. The van der Waals surface area contributed by atoms with Gasteiger partial charge in [-0.2, -0.15) is 0 Å². The van der Waals surface area contributed by atoms with Crippen molar-refractivity contribution in [1.29, 1.82) is 0 Å². The summed E-state index contributed by atoms with van der Waals surface area (Å²) in [6.45, 7) is 3.90. The molecule has 0 saturated carbocycles. The molecular formula is C11H15NO2. The van der Waals surface area contributed by atoms with E-state index in [4.69, 9.17) is 5.11 Å². The third-order valence-electron chi connectivity index (χ3n) is 2.32. The Morgan fingerprint density at radius 2 is 1.71 bits per heavy atom. The number of hydrogen-bond acceptors (Lipinski definition) is 2. The molecule has 0 atom stereocenters. The fourth-order valence-electron chi connectivity index (χ4n) is 1.34. The summed E-state index contributed by atoms with van der Waals surface area (Å²) in [5.74, 6) is -0.878. The molecule has 3 heteroatoms. The second-order valence-electron chi connectivity index (χ2n) is 3.65. The average Bonchev–Trinajstić information content (AvgIpc) is 2.08. The Balaban J connectivity index is 3.39. The molecule has 0 aliphatic rings. The van der Waals surface area contributed by atoms with E-state index in [1.165, 1.54) is 0 Å². The Kier molecular flexibility index (Phi) is 2.79. The molecule has 0 amide bonds. The summed E-state index contributed by atoms with van der Waals surface area (Å²) in [4.78, 5) is 12.8. The van der Waals surface area contributed by atoms with Crippen LogP contribution in [0.25, 0.3) is 0 Å². The number of hydrogen-bond donors (Lipinski definition) is 1. The predicted molar refractivity (Wildman–Crippen MR) is 57.2 cm³/mol. The maximum Gasteiger partial charge on any atom is 0.337 e. The van der Waals surface area contributed by atoms with E-state index >= 15 is 0 Å². The van der Waals surface area contributed by atoms with Gasteiger partial charge >= 0.3 is 5.97 Å². The van der Waals surface area contributed by atoms with Crippen molar-refractivity contribution >= 4 is 11.7 Å². The first-order chi connectivity index (χ1) is 6.43. The van der Waals surface area contributed by atoms with Crippen LogP contribution in [-0.2, 0) is 0 Å². The molecule has 0 heterocycles. The zero-order valence-corrected chi connectivity index (χ0v) is 8.96. The van der Waals surface area contributed by atoms with Crippen molar-refractivity contribution in [3.63, 3.8) is 0 Å². The molecule has 14 heavy (non-hydrogen) atoms. The summed E-state index contributed by atoms with van der Waals surface area (Å²) in [5, 5.41) is 9.00. The molecule has 3 nitrogen and oxygen atoms in total. The Bertz CT molecular complexity index is 370. The van der Waals surface area contributed by atoms with E-state index < -0.39 is 5.97 Å². The first kappa shape index (κ1) is 10.6. The lowest BCUT2D eigenvalue weighted by molar-refractivity contribution is 0.0697. The van der Waals surface area contributed by atoms with E-state index in [2.05, 4.69) is 0 Å². The standard InChI is InChI=1S/C11H15NO2/c1-7-5-9(11(13)14)10(12(3)4)6-8(7)2/h5-6H,1-4H3,(H,13,14). The van der Waals surface area contributed by atoms with Crippen molar-refractivity contribution < 1.29 is 9.90 Å². The summed E-state index contributed by atoms with van der Waals surface area (Å²) in [6.07, 6.45) is 0. The number of benzene rings is 1. The lowest BCUT2D eigenvalue weighted by atomic mass is 10.0. The van der Waals surface area contributed by atoms with Crippen LogP contribution < -0.4 is 4.90 Å². The van der Waals surface area contributed by atoms with Gasteiger partial charge in [0, 0.05) is 14.1 Å². The lowest BCUT2D eigenvalue weighted by Gasteiger charge is -2.17. The summed E-state index contributed by atoms with van der Waals surface area (Å²) >= 11 is 0.